The predicted octanol–water partition coefficient (Wildman–Crippen LogP) is 3.44. The van der Waals surface area contributed by atoms with E-state index in [0.717, 1.165) is 31.2 Å². The lowest BCUT2D eigenvalue weighted by atomic mass is 9.94. The molecule has 1 amide bonds. The SMILES string of the molecule is COc1ccc(/C=C2/C(=O)N(C3CCCCC3)C(=S)N2C)c(OC)c1. The number of rotatable bonds is 4. The summed E-state index contributed by atoms with van der Waals surface area (Å²) in [5.41, 5.74) is 1.41. The number of carbonyl (C=O) groups excluding carboxylic acids is 1. The third kappa shape index (κ3) is 3.35. The van der Waals surface area contributed by atoms with Gasteiger partial charge in [0.2, 0.25) is 0 Å². The summed E-state index contributed by atoms with van der Waals surface area (Å²) in [5, 5.41) is 0.593. The largest absolute Gasteiger partial charge is 0.497 e. The van der Waals surface area contributed by atoms with E-state index in [0.29, 0.717) is 22.3 Å². The quantitative estimate of drug-likeness (QED) is 0.608. The second-order valence-electron chi connectivity index (χ2n) is 6.45. The molecule has 0 radical (unpaired) electrons. The second-order valence-corrected chi connectivity index (χ2v) is 6.81. The van der Waals surface area contributed by atoms with Gasteiger partial charge in [-0.3, -0.25) is 9.69 Å². The summed E-state index contributed by atoms with van der Waals surface area (Å²) in [5.74, 6) is 1.36. The van der Waals surface area contributed by atoms with Crippen molar-refractivity contribution in [1.29, 1.82) is 0 Å². The number of ether oxygens (including phenoxy) is 2. The highest BCUT2D eigenvalue weighted by Crippen LogP contribution is 2.32. The molecule has 1 aromatic carbocycles. The van der Waals surface area contributed by atoms with E-state index in [2.05, 4.69) is 0 Å². The molecule has 2 fully saturated rings. The van der Waals surface area contributed by atoms with Crippen LogP contribution in [0.15, 0.2) is 23.9 Å². The number of thiocarbonyl (C=S) groups is 1. The van der Waals surface area contributed by atoms with Gasteiger partial charge in [-0.2, -0.15) is 0 Å². The van der Waals surface area contributed by atoms with E-state index in [1.54, 1.807) is 24.0 Å². The number of benzene rings is 1. The second kappa shape index (κ2) is 7.44. The summed E-state index contributed by atoms with van der Waals surface area (Å²) in [4.78, 5) is 16.6. The lowest BCUT2D eigenvalue weighted by molar-refractivity contribution is -0.124. The van der Waals surface area contributed by atoms with E-state index >= 15 is 0 Å². The molecule has 5 nitrogen and oxygen atoms in total. The van der Waals surface area contributed by atoms with E-state index < -0.39 is 0 Å². The van der Waals surface area contributed by atoms with Gasteiger partial charge in [0.15, 0.2) is 5.11 Å². The topological polar surface area (TPSA) is 42.0 Å². The average Bonchev–Trinajstić information content (AvgIpc) is 2.86. The van der Waals surface area contributed by atoms with Crippen LogP contribution in [0.4, 0.5) is 0 Å². The molecule has 6 heteroatoms. The number of carbonyl (C=O) groups is 1. The molecule has 3 rings (SSSR count). The highest BCUT2D eigenvalue weighted by molar-refractivity contribution is 7.80. The molecule has 1 aromatic rings. The number of methoxy groups -OCH3 is 2. The molecule has 1 saturated carbocycles. The van der Waals surface area contributed by atoms with Crippen molar-refractivity contribution in [1.82, 2.24) is 9.80 Å². The zero-order valence-corrected chi connectivity index (χ0v) is 15.8. The fourth-order valence-corrected chi connectivity index (χ4v) is 3.85. The summed E-state index contributed by atoms with van der Waals surface area (Å²) in [6.07, 6.45) is 7.46. The van der Waals surface area contributed by atoms with Crippen LogP contribution in [0.1, 0.15) is 37.7 Å². The van der Waals surface area contributed by atoms with Gasteiger partial charge < -0.3 is 14.4 Å². The van der Waals surface area contributed by atoms with Crippen molar-refractivity contribution in [3.8, 4) is 11.5 Å². The van der Waals surface area contributed by atoms with Crippen LogP contribution in [0.5, 0.6) is 11.5 Å². The Balaban J connectivity index is 1.92. The van der Waals surface area contributed by atoms with Crippen molar-refractivity contribution < 1.29 is 14.3 Å². The van der Waals surface area contributed by atoms with E-state index in [1.165, 1.54) is 6.42 Å². The molecule has 1 aliphatic heterocycles. The van der Waals surface area contributed by atoms with Crippen LogP contribution in [0.2, 0.25) is 0 Å². The minimum Gasteiger partial charge on any atom is -0.497 e. The molecular formula is C19H24N2O3S. The van der Waals surface area contributed by atoms with Crippen LogP contribution in [0.3, 0.4) is 0 Å². The first-order valence-electron chi connectivity index (χ1n) is 8.61. The van der Waals surface area contributed by atoms with Crippen LogP contribution in [0.25, 0.3) is 6.08 Å². The van der Waals surface area contributed by atoms with Gasteiger partial charge in [-0.25, -0.2) is 0 Å². The van der Waals surface area contributed by atoms with E-state index in [9.17, 15) is 4.79 Å². The highest BCUT2D eigenvalue weighted by Gasteiger charge is 2.40. The van der Waals surface area contributed by atoms with Crippen molar-refractivity contribution in [3.63, 3.8) is 0 Å². The van der Waals surface area contributed by atoms with Gasteiger partial charge in [0, 0.05) is 24.7 Å². The number of likely N-dealkylation sites (N-methyl/N-ethyl adjacent to an activating group) is 1. The lowest BCUT2D eigenvalue weighted by Crippen LogP contribution is -2.41. The van der Waals surface area contributed by atoms with Crippen molar-refractivity contribution in [3.05, 3.63) is 29.5 Å². The number of hydrogen-bond donors (Lipinski definition) is 0. The number of amides is 1. The molecule has 2 aliphatic rings. The summed E-state index contributed by atoms with van der Waals surface area (Å²) in [6, 6.07) is 5.77. The van der Waals surface area contributed by atoms with Crippen molar-refractivity contribution >= 4 is 29.3 Å². The first kappa shape index (κ1) is 17.7. The van der Waals surface area contributed by atoms with Crippen LogP contribution < -0.4 is 9.47 Å². The maximum atomic E-state index is 13.0. The fraction of sp³-hybridized carbons (Fsp3) is 0.474. The normalized spacial score (nSPS) is 20.5. The van der Waals surface area contributed by atoms with Gasteiger partial charge in [0.25, 0.3) is 5.91 Å². The number of hydrogen-bond acceptors (Lipinski definition) is 4. The van der Waals surface area contributed by atoms with Gasteiger partial charge in [0.05, 0.1) is 14.2 Å². The Morgan fingerprint density at radius 3 is 2.52 bits per heavy atom. The lowest BCUT2D eigenvalue weighted by Gasteiger charge is -2.30. The first-order chi connectivity index (χ1) is 12.1. The molecule has 134 valence electrons. The maximum Gasteiger partial charge on any atom is 0.277 e. The summed E-state index contributed by atoms with van der Waals surface area (Å²) < 4.78 is 10.7. The summed E-state index contributed by atoms with van der Waals surface area (Å²) >= 11 is 5.55. The van der Waals surface area contributed by atoms with Crippen LogP contribution in [-0.2, 0) is 4.79 Å². The average molecular weight is 360 g/mol. The smallest absolute Gasteiger partial charge is 0.277 e. The van der Waals surface area contributed by atoms with E-state index in [1.807, 2.05) is 31.3 Å². The Hall–Kier alpha value is -2.08. The van der Waals surface area contributed by atoms with E-state index in [4.69, 9.17) is 21.7 Å². The van der Waals surface area contributed by atoms with Crippen LogP contribution in [-0.4, -0.2) is 48.1 Å². The summed E-state index contributed by atoms with van der Waals surface area (Å²) in [7, 11) is 5.07. The molecule has 0 atom stereocenters. The third-order valence-electron chi connectivity index (χ3n) is 4.96. The van der Waals surface area contributed by atoms with Crippen molar-refractivity contribution in [2.24, 2.45) is 0 Å². The predicted molar refractivity (Wildman–Crippen MR) is 102 cm³/mol. The van der Waals surface area contributed by atoms with Crippen molar-refractivity contribution in [2.75, 3.05) is 21.3 Å². The Morgan fingerprint density at radius 2 is 1.88 bits per heavy atom. The molecule has 1 heterocycles. The zero-order valence-electron chi connectivity index (χ0n) is 14.9. The highest BCUT2D eigenvalue weighted by atomic mass is 32.1. The van der Waals surface area contributed by atoms with Gasteiger partial charge in [0.1, 0.15) is 17.2 Å². The van der Waals surface area contributed by atoms with E-state index in [-0.39, 0.29) is 11.9 Å². The maximum absolute atomic E-state index is 13.0. The minimum atomic E-state index is -0.0164. The standard InChI is InChI=1S/C19H24N2O3S/c1-20-16(11-13-9-10-15(23-2)12-17(13)24-3)18(22)21(19(20)25)14-7-5-4-6-8-14/h9-12,14H,4-8H2,1-3H3/b16-11-. The fourth-order valence-electron chi connectivity index (χ4n) is 3.52. The molecule has 1 saturated heterocycles. The molecule has 0 spiro atoms. The third-order valence-corrected chi connectivity index (χ3v) is 5.44. The zero-order chi connectivity index (χ0) is 18.0. The minimum absolute atomic E-state index is 0.0164. The van der Waals surface area contributed by atoms with Crippen LogP contribution >= 0.6 is 12.2 Å². The molecule has 0 N–H and O–H groups in total. The first-order valence-corrected chi connectivity index (χ1v) is 9.02. The monoisotopic (exact) mass is 360 g/mol. The molecule has 25 heavy (non-hydrogen) atoms. The Bertz CT molecular complexity index is 711. The van der Waals surface area contributed by atoms with Gasteiger partial charge in [-0.05, 0) is 43.3 Å². The Morgan fingerprint density at radius 1 is 1.16 bits per heavy atom. The molecular weight excluding hydrogens is 336 g/mol. The van der Waals surface area contributed by atoms with Crippen molar-refractivity contribution in [2.45, 2.75) is 38.1 Å². The molecule has 0 bridgehead atoms. The molecule has 0 aromatic heterocycles. The van der Waals surface area contributed by atoms with Gasteiger partial charge >= 0.3 is 0 Å². The summed E-state index contributed by atoms with van der Waals surface area (Å²) in [6.45, 7) is 0. The number of nitrogens with zero attached hydrogens (tertiary/aromatic N) is 2. The molecule has 1 aliphatic carbocycles. The van der Waals surface area contributed by atoms with Gasteiger partial charge in [-0.1, -0.05) is 19.3 Å². The molecule has 0 unspecified atom stereocenters. The Labute approximate surface area is 154 Å². The Kier molecular flexibility index (Phi) is 5.27. The van der Waals surface area contributed by atoms with Gasteiger partial charge in [-0.15, -0.1) is 0 Å². The van der Waals surface area contributed by atoms with Crippen LogP contribution in [0, 0.1) is 0 Å².